The van der Waals surface area contributed by atoms with Crippen LogP contribution in [-0.2, 0) is 14.6 Å². The van der Waals surface area contributed by atoms with E-state index in [-0.39, 0.29) is 23.5 Å². The van der Waals surface area contributed by atoms with Gasteiger partial charge >= 0.3 is 0 Å². The Morgan fingerprint density at radius 2 is 2.05 bits per heavy atom. The smallest absolute Gasteiger partial charge is 0.222 e. The second kappa shape index (κ2) is 9.66. The van der Waals surface area contributed by atoms with Gasteiger partial charge in [-0.3, -0.25) is 9.79 Å². The van der Waals surface area contributed by atoms with Gasteiger partial charge < -0.3 is 16.0 Å². The Bertz CT molecular complexity index is 476. The van der Waals surface area contributed by atoms with Gasteiger partial charge in [-0.2, -0.15) is 0 Å². The van der Waals surface area contributed by atoms with Crippen molar-refractivity contribution >= 4 is 21.7 Å². The molecule has 0 aromatic heterocycles. The van der Waals surface area contributed by atoms with Crippen molar-refractivity contribution in [2.45, 2.75) is 45.6 Å². The molecule has 1 heterocycles. The van der Waals surface area contributed by atoms with Crippen LogP contribution in [0.3, 0.4) is 0 Å². The van der Waals surface area contributed by atoms with Crippen molar-refractivity contribution in [3.8, 4) is 0 Å². The maximum absolute atomic E-state index is 11.8. The van der Waals surface area contributed by atoms with E-state index in [9.17, 15) is 13.2 Å². The zero-order valence-corrected chi connectivity index (χ0v) is 14.3. The highest BCUT2D eigenvalue weighted by molar-refractivity contribution is 7.91. The Balaban J connectivity index is 2.26. The molecule has 1 amide bonds. The van der Waals surface area contributed by atoms with Crippen LogP contribution in [0.1, 0.15) is 39.5 Å². The van der Waals surface area contributed by atoms with Gasteiger partial charge in [0.25, 0.3) is 0 Å². The Hall–Kier alpha value is -1.31. The molecule has 0 aromatic rings. The Labute approximate surface area is 133 Å². The van der Waals surface area contributed by atoms with Gasteiger partial charge in [-0.15, -0.1) is 0 Å². The first-order chi connectivity index (χ1) is 10.5. The lowest BCUT2D eigenvalue weighted by Crippen LogP contribution is -2.41. The van der Waals surface area contributed by atoms with Crippen LogP contribution < -0.4 is 16.0 Å². The third-order valence-corrected chi connectivity index (χ3v) is 5.14. The van der Waals surface area contributed by atoms with Crippen molar-refractivity contribution in [3.05, 3.63) is 0 Å². The third-order valence-electron chi connectivity index (χ3n) is 3.37. The molecule has 128 valence electrons. The van der Waals surface area contributed by atoms with Gasteiger partial charge in [0, 0.05) is 32.1 Å². The van der Waals surface area contributed by atoms with Crippen LogP contribution >= 0.6 is 0 Å². The summed E-state index contributed by atoms with van der Waals surface area (Å²) >= 11 is 0. The predicted octanol–water partition coefficient (Wildman–Crippen LogP) is 0.0350. The molecule has 0 radical (unpaired) electrons. The molecule has 1 rings (SSSR count). The number of nitrogens with one attached hydrogen (secondary N) is 3. The van der Waals surface area contributed by atoms with Crippen molar-refractivity contribution in [2.24, 2.45) is 4.99 Å². The maximum Gasteiger partial charge on any atom is 0.222 e. The quantitative estimate of drug-likeness (QED) is 0.331. The van der Waals surface area contributed by atoms with Gasteiger partial charge in [0.15, 0.2) is 15.8 Å². The Morgan fingerprint density at radius 3 is 2.64 bits per heavy atom. The van der Waals surface area contributed by atoms with Crippen molar-refractivity contribution in [1.29, 1.82) is 0 Å². The molecule has 1 unspecified atom stereocenters. The van der Waals surface area contributed by atoms with E-state index >= 15 is 0 Å². The first-order valence-electron chi connectivity index (χ1n) is 7.98. The summed E-state index contributed by atoms with van der Waals surface area (Å²) in [7, 11) is -2.95. The summed E-state index contributed by atoms with van der Waals surface area (Å²) in [5.74, 6) is 0.823. The fourth-order valence-corrected chi connectivity index (χ4v) is 3.87. The van der Waals surface area contributed by atoms with Crippen LogP contribution in [-0.4, -0.2) is 57.5 Å². The predicted molar refractivity (Wildman–Crippen MR) is 88.7 cm³/mol. The van der Waals surface area contributed by atoms with Crippen molar-refractivity contribution in [3.63, 3.8) is 0 Å². The zero-order chi connectivity index (χ0) is 16.4. The summed E-state index contributed by atoms with van der Waals surface area (Å²) in [5.41, 5.74) is 0. The molecule has 0 bridgehead atoms. The van der Waals surface area contributed by atoms with E-state index < -0.39 is 9.84 Å². The number of hydrogen-bond donors (Lipinski definition) is 3. The number of hydrogen-bond acceptors (Lipinski definition) is 4. The number of carbonyl (C=O) groups is 1. The normalized spacial score (nSPS) is 20.6. The molecule has 1 aliphatic rings. The minimum Gasteiger partial charge on any atom is -0.357 e. The molecule has 1 saturated heterocycles. The molecule has 8 heteroatoms. The molecule has 0 spiro atoms. The number of guanidine groups is 1. The van der Waals surface area contributed by atoms with Crippen LogP contribution in [0.4, 0.5) is 0 Å². The lowest BCUT2D eigenvalue weighted by molar-refractivity contribution is -0.121. The van der Waals surface area contributed by atoms with E-state index in [1.807, 2.05) is 6.92 Å². The molecule has 0 aromatic carbocycles. The number of nitrogens with zero attached hydrogens (tertiary/aromatic N) is 1. The zero-order valence-electron chi connectivity index (χ0n) is 13.5. The lowest BCUT2D eigenvalue weighted by atomic mass is 10.2. The van der Waals surface area contributed by atoms with Crippen LogP contribution in [0, 0.1) is 0 Å². The average molecular weight is 332 g/mol. The van der Waals surface area contributed by atoms with E-state index in [0.29, 0.717) is 25.3 Å². The molecule has 0 aliphatic carbocycles. The topological polar surface area (TPSA) is 99.7 Å². The molecule has 3 N–H and O–H groups in total. The molecule has 1 fully saturated rings. The van der Waals surface area contributed by atoms with Gasteiger partial charge in [0.2, 0.25) is 5.91 Å². The molecule has 0 saturated carbocycles. The maximum atomic E-state index is 11.8. The van der Waals surface area contributed by atoms with Gasteiger partial charge in [0.1, 0.15) is 0 Å². The summed E-state index contributed by atoms with van der Waals surface area (Å²) in [5, 5.41) is 9.01. The van der Waals surface area contributed by atoms with Gasteiger partial charge in [-0.1, -0.05) is 13.3 Å². The van der Waals surface area contributed by atoms with Crippen LogP contribution in [0.15, 0.2) is 4.99 Å². The minimum atomic E-state index is -2.95. The number of carbonyl (C=O) groups excluding carboxylic acids is 1. The van der Waals surface area contributed by atoms with Crippen LogP contribution in [0.5, 0.6) is 0 Å². The number of aliphatic imine (C=N–C) groups is 1. The molecule has 22 heavy (non-hydrogen) atoms. The molecule has 1 aliphatic heterocycles. The second-order valence-corrected chi connectivity index (χ2v) is 7.69. The van der Waals surface area contributed by atoms with E-state index in [1.54, 1.807) is 0 Å². The molecule has 1 atom stereocenters. The van der Waals surface area contributed by atoms with E-state index in [0.717, 1.165) is 25.9 Å². The SMILES string of the molecule is CCCCN=C(NCC)NCCC(=O)NC1CCS(=O)(=O)C1. The van der Waals surface area contributed by atoms with E-state index in [4.69, 9.17) is 0 Å². The molecule has 7 nitrogen and oxygen atoms in total. The Morgan fingerprint density at radius 1 is 1.27 bits per heavy atom. The number of unbranched alkanes of at least 4 members (excludes halogenated alkanes) is 1. The van der Waals surface area contributed by atoms with E-state index in [2.05, 4.69) is 27.9 Å². The lowest BCUT2D eigenvalue weighted by Gasteiger charge is -2.13. The summed E-state index contributed by atoms with van der Waals surface area (Å²) in [6.07, 6.45) is 2.94. The van der Waals surface area contributed by atoms with Crippen LogP contribution in [0.25, 0.3) is 0 Å². The number of amides is 1. The molecular formula is C14H28N4O3S. The summed E-state index contributed by atoms with van der Waals surface area (Å²) in [6.45, 7) is 6.11. The standard InChI is InChI=1S/C14H28N4O3S/c1-3-5-8-16-14(15-4-2)17-9-6-13(19)18-12-7-10-22(20,21)11-12/h12H,3-11H2,1-2H3,(H,18,19)(H2,15,16,17). The third kappa shape index (κ3) is 7.63. The summed E-state index contributed by atoms with van der Waals surface area (Å²) in [6, 6.07) is -0.232. The van der Waals surface area contributed by atoms with Crippen molar-refractivity contribution in [2.75, 3.05) is 31.1 Å². The first-order valence-corrected chi connectivity index (χ1v) is 9.81. The number of rotatable bonds is 8. The fourth-order valence-electron chi connectivity index (χ4n) is 2.19. The average Bonchev–Trinajstić information content (AvgIpc) is 2.78. The summed E-state index contributed by atoms with van der Waals surface area (Å²) in [4.78, 5) is 16.2. The monoisotopic (exact) mass is 332 g/mol. The number of sulfone groups is 1. The van der Waals surface area contributed by atoms with Gasteiger partial charge in [-0.05, 0) is 19.8 Å². The fraction of sp³-hybridized carbons (Fsp3) is 0.857. The minimum absolute atomic E-state index is 0.0628. The second-order valence-electron chi connectivity index (χ2n) is 5.46. The highest BCUT2D eigenvalue weighted by Gasteiger charge is 2.28. The summed E-state index contributed by atoms with van der Waals surface area (Å²) < 4.78 is 22.7. The van der Waals surface area contributed by atoms with Crippen molar-refractivity contribution in [1.82, 2.24) is 16.0 Å². The first kappa shape index (κ1) is 18.7. The highest BCUT2D eigenvalue weighted by Crippen LogP contribution is 2.11. The van der Waals surface area contributed by atoms with Crippen LogP contribution in [0.2, 0.25) is 0 Å². The molecular weight excluding hydrogens is 304 g/mol. The largest absolute Gasteiger partial charge is 0.357 e. The van der Waals surface area contributed by atoms with E-state index in [1.165, 1.54) is 0 Å². The Kier molecular flexibility index (Phi) is 8.22. The van der Waals surface area contributed by atoms with Gasteiger partial charge in [-0.25, -0.2) is 8.42 Å². The van der Waals surface area contributed by atoms with Gasteiger partial charge in [0.05, 0.1) is 11.5 Å². The van der Waals surface area contributed by atoms with Crippen molar-refractivity contribution < 1.29 is 13.2 Å². The highest BCUT2D eigenvalue weighted by atomic mass is 32.2.